The Bertz CT molecular complexity index is 552. The monoisotopic (exact) mass is 284 g/mol. The molecule has 0 unspecified atom stereocenters. The van der Waals surface area contributed by atoms with E-state index in [-0.39, 0.29) is 0 Å². The lowest BCUT2D eigenvalue weighted by Gasteiger charge is -2.25. The minimum absolute atomic E-state index is 0.518. The fourth-order valence-corrected chi connectivity index (χ4v) is 2.54. The Kier molecular flexibility index (Phi) is 5.79. The number of nitrogens with zero attached hydrogens (tertiary/aromatic N) is 2. The summed E-state index contributed by atoms with van der Waals surface area (Å²) in [4.78, 5) is 6.75. The highest BCUT2D eigenvalue weighted by molar-refractivity contribution is 7.09. The number of rotatable bonds is 5. The van der Waals surface area contributed by atoms with E-state index in [4.69, 9.17) is 0 Å². The quantitative estimate of drug-likeness (QED) is 0.776. The predicted octanol–water partition coefficient (Wildman–Crippen LogP) is 3.80. The van der Waals surface area contributed by atoms with Gasteiger partial charge in [0, 0.05) is 23.2 Å². The van der Waals surface area contributed by atoms with Crippen LogP contribution in [0.25, 0.3) is 0 Å². The number of hydrogen-bond donors (Lipinski definition) is 0. The minimum Gasteiger partial charge on any atom is -0.283 e. The first kappa shape index (κ1) is 14.8. The van der Waals surface area contributed by atoms with Gasteiger partial charge in [-0.3, -0.25) is 4.90 Å². The molecule has 0 saturated carbocycles. The molecule has 2 aromatic rings. The maximum Gasteiger partial charge on any atom is 0.107 e. The van der Waals surface area contributed by atoms with Crippen LogP contribution in [-0.2, 0) is 6.54 Å². The van der Waals surface area contributed by atoms with Crippen molar-refractivity contribution in [1.29, 1.82) is 0 Å². The summed E-state index contributed by atoms with van der Waals surface area (Å²) < 4.78 is 0. The van der Waals surface area contributed by atoms with Crippen molar-refractivity contribution in [2.24, 2.45) is 0 Å². The smallest absolute Gasteiger partial charge is 0.107 e. The molecule has 104 valence electrons. The summed E-state index contributed by atoms with van der Waals surface area (Å²) in [5.74, 6) is 6.51. The minimum atomic E-state index is 0.518. The van der Waals surface area contributed by atoms with E-state index in [0.29, 0.717) is 6.04 Å². The summed E-state index contributed by atoms with van der Waals surface area (Å²) >= 11 is 1.71. The van der Waals surface area contributed by atoms with E-state index in [1.807, 2.05) is 41.9 Å². The average Bonchev–Trinajstić information content (AvgIpc) is 2.99. The molecule has 1 aromatic heterocycles. The largest absolute Gasteiger partial charge is 0.283 e. The fourth-order valence-electron chi connectivity index (χ4n) is 1.90. The first-order chi connectivity index (χ1) is 9.79. The van der Waals surface area contributed by atoms with Crippen LogP contribution in [0.2, 0.25) is 0 Å². The van der Waals surface area contributed by atoms with Gasteiger partial charge in [0.05, 0.1) is 13.1 Å². The van der Waals surface area contributed by atoms with Crippen LogP contribution in [0.5, 0.6) is 0 Å². The van der Waals surface area contributed by atoms with Gasteiger partial charge in [0.2, 0.25) is 0 Å². The van der Waals surface area contributed by atoms with E-state index >= 15 is 0 Å². The Balaban J connectivity index is 1.99. The Labute approximate surface area is 125 Å². The van der Waals surface area contributed by atoms with Gasteiger partial charge in [-0.1, -0.05) is 37.0 Å². The van der Waals surface area contributed by atoms with Crippen molar-refractivity contribution in [3.63, 3.8) is 0 Å². The summed E-state index contributed by atoms with van der Waals surface area (Å²) in [7, 11) is 0. The van der Waals surface area contributed by atoms with E-state index in [1.54, 1.807) is 11.3 Å². The summed E-state index contributed by atoms with van der Waals surface area (Å²) in [6.45, 7) is 6.13. The van der Waals surface area contributed by atoms with E-state index in [0.717, 1.165) is 30.1 Å². The topological polar surface area (TPSA) is 16.1 Å². The van der Waals surface area contributed by atoms with Gasteiger partial charge in [0.25, 0.3) is 0 Å². The van der Waals surface area contributed by atoms with Gasteiger partial charge in [-0.2, -0.15) is 0 Å². The standard InChI is InChI=1S/C17H20N2S/c1-3-15(2)19(14-17-18-11-13-20-17)12-7-10-16-8-5-4-6-9-16/h4-6,8-9,11,13,15H,3,12,14H2,1-2H3/t15-/m0/s1. The molecule has 0 aliphatic rings. The molecule has 2 nitrogen and oxygen atoms in total. The molecule has 0 fully saturated rings. The van der Waals surface area contributed by atoms with Crippen molar-refractivity contribution in [2.75, 3.05) is 6.54 Å². The molecule has 1 heterocycles. The van der Waals surface area contributed by atoms with Gasteiger partial charge in [-0.15, -0.1) is 11.3 Å². The van der Waals surface area contributed by atoms with Crippen LogP contribution < -0.4 is 0 Å². The maximum atomic E-state index is 4.37. The van der Waals surface area contributed by atoms with Crippen molar-refractivity contribution in [2.45, 2.75) is 32.9 Å². The average molecular weight is 284 g/mol. The molecule has 0 spiro atoms. The third kappa shape index (κ3) is 4.48. The number of thiazole rings is 1. The number of aromatic nitrogens is 1. The van der Waals surface area contributed by atoms with E-state index < -0.39 is 0 Å². The van der Waals surface area contributed by atoms with Gasteiger partial charge in [0.15, 0.2) is 0 Å². The third-order valence-corrected chi connectivity index (χ3v) is 4.09. The van der Waals surface area contributed by atoms with Crippen LogP contribution in [0.1, 0.15) is 30.8 Å². The van der Waals surface area contributed by atoms with Crippen molar-refractivity contribution < 1.29 is 0 Å². The fraction of sp³-hybridized carbons (Fsp3) is 0.353. The number of hydrogen-bond acceptors (Lipinski definition) is 3. The van der Waals surface area contributed by atoms with E-state index in [9.17, 15) is 0 Å². The molecule has 1 aromatic carbocycles. The normalized spacial score (nSPS) is 11.9. The molecule has 0 radical (unpaired) electrons. The van der Waals surface area contributed by atoms with Crippen LogP contribution in [0.4, 0.5) is 0 Å². The Hall–Kier alpha value is -1.63. The second-order valence-electron chi connectivity index (χ2n) is 4.76. The Morgan fingerprint density at radius 3 is 2.75 bits per heavy atom. The summed E-state index contributed by atoms with van der Waals surface area (Å²) in [6, 6.07) is 10.7. The van der Waals surface area contributed by atoms with Crippen LogP contribution in [-0.4, -0.2) is 22.5 Å². The second-order valence-corrected chi connectivity index (χ2v) is 5.74. The van der Waals surface area contributed by atoms with Gasteiger partial charge in [0.1, 0.15) is 5.01 Å². The summed E-state index contributed by atoms with van der Waals surface area (Å²) in [5, 5.41) is 3.19. The Morgan fingerprint density at radius 1 is 1.30 bits per heavy atom. The molecule has 20 heavy (non-hydrogen) atoms. The molecule has 3 heteroatoms. The van der Waals surface area contributed by atoms with E-state index in [1.165, 1.54) is 0 Å². The lowest BCUT2D eigenvalue weighted by Crippen LogP contribution is -2.32. The van der Waals surface area contributed by atoms with E-state index in [2.05, 4.69) is 35.6 Å². The molecule has 0 bridgehead atoms. The highest BCUT2D eigenvalue weighted by Crippen LogP contribution is 2.12. The van der Waals surface area contributed by atoms with Crippen molar-refractivity contribution in [3.8, 4) is 11.8 Å². The van der Waals surface area contributed by atoms with Crippen molar-refractivity contribution >= 4 is 11.3 Å². The molecular formula is C17H20N2S. The lowest BCUT2D eigenvalue weighted by atomic mass is 10.2. The van der Waals surface area contributed by atoms with Gasteiger partial charge in [-0.05, 0) is 25.5 Å². The molecule has 0 N–H and O–H groups in total. The zero-order chi connectivity index (χ0) is 14.2. The lowest BCUT2D eigenvalue weighted by molar-refractivity contribution is 0.221. The molecule has 0 saturated heterocycles. The van der Waals surface area contributed by atoms with Gasteiger partial charge >= 0.3 is 0 Å². The Morgan fingerprint density at radius 2 is 2.10 bits per heavy atom. The highest BCUT2D eigenvalue weighted by Gasteiger charge is 2.12. The van der Waals surface area contributed by atoms with Gasteiger partial charge < -0.3 is 0 Å². The molecular weight excluding hydrogens is 264 g/mol. The number of benzene rings is 1. The molecule has 0 aliphatic carbocycles. The van der Waals surface area contributed by atoms with Crippen LogP contribution >= 0.6 is 11.3 Å². The van der Waals surface area contributed by atoms with Crippen LogP contribution in [0.3, 0.4) is 0 Å². The third-order valence-electron chi connectivity index (χ3n) is 3.32. The van der Waals surface area contributed by atoms with Crippen LogP contribution in [0, 0.1) is 11.8 Å². The summed E-state index contributed by atoms with van der Waals surface area (Å²) in [6.07, 6.45) is 2.99. The first-order valence-electron chi connectivity index (χ1n) is 6.96. The SMILES string of the molecule is CC[C@H](C)N(CC#Cc1ccccc1)Cc1nccs1. The molecule has 0 amide bonds. The predicted molar refractivity (Wildman–Crippen MR) is 85.6 cm³/mol. The molecule has 0 aliphatic heterocycles. The second kappa shape index (κ2) is 7.84. The maximum absolute atomic E-state index is 4.37. The van der Waals surface area contributed by atoms with Crippen molar-refractivity contribution in [3.05, 3.63) is 52.5 Å². The molecule has 1 atom stereocenters. The first-order valence-corrected chi connectivity index (χ1v) is 7.84. The zero-order valence-electron chi connectivity index (χ0n) is 12.0. The van der Waals surface area contributed by atoms with Crippen molar-refractivity contribution in [1.82, 2.24) is 9.88 Å². The molecule has 2 rings (SSSR count). The van der Waals surface area contributed by atoms with Crippen LogP contribution in [0.15, 0.2) is 41.9 Å². The zero-order valence-corrected chi connectivity index (χ0v) is 12.9. The highest BCUT2D eigenvalue weighted by atomic mass is 32.1. The summed E-state index contributed by atoms with van der Waals surface area (Å²) in [5.41, 5.74) is 1.07. The van der Waals surface area contributed by atoms with Gasteiger partial charge in [-0.25, -0.2) is 4.98 Å².